The molecule has 0 aliphatic heterocycles. The summed E-state index contributed by atoms with van der Waals surface area (Å²) < 4.78 is 71.0. The molecule has 400 valence electrons. The topological polar surface area (TPSA) is 280 Å². The smallest absolute Gasteiger partial charge is 0.353 e. The van der Waals surface area contributed by atoms with Gasteiger partial charge in [-0.25, -0.2) is 0 Å². The molecule has 0 aromatic carbocycles. The molecule has 8 aliphatic rings. The third-order valence-corrected chi connectivity index (χ3v) is 22.0. The Kier molecular flexibility index (Phi) is 17.9. The second-order valence-electron chi connectivity index (χ2n) is 24.4. The number of ether oxygens (including phenoxy) is 2. The number of nitrogens with one attached hydrogen (secondary N) is 1. The van der Waals surface area contributed by atoms with Gasteiger partial charge in [0.15, 0.2) is 0 Å². The quantitative estimate of drug-likeness (QED) is 0.0662. The van der Waals surface area contributed by atoms with Crippen molar-refractivity contribution in [2.24, 2.45) is 98.4 Å². The van der Waals surface area contributed by atoms with Crippen molar-refractivity contribution in [2.45, 2.75) is 194 Å². The van der Waals surface area contributed by atoms with Gasteiger partial charge in [-0.2, -0.15) is 21.6 Å². The maximum Gasteiger partial charge on any atom is 0.353 e. The van der Waals surface area contributed by atoms with Gasteiger partial charge in [-0.3, -0.25) is 18.7 Å². The Labute approximate surface area is 416 Å². The second-order valence-corrected chi connectivity index (χ2v) is 27.6. The number of esters is 2. The van der Waals surface area contributed by atoms with E-state index >= 15 is 0 Å². The molecule has 0 aromatic heterocycles. The highest BCUT2D eigenvalue weighted by Gasteiger charge is 2.67. The summed E-state index contributed by atoms with van der Waals surface area (Å²) in [6.07, 6.45) is 13.6. The van der Waals surface area contributed by atoms with Crippen LogP contribution in [0.2, 0.25) is 0 Å². The Bertz CT molecular complexity index is 2030. The van der Waals surface area contributed by atoms with Gasteiger partial charge < -0.3 is 35.6 Å². The Morgan fingerprint density at radius 2 is 0.971 bits per heavy atom. The molecule has 19 heteroatoms. The first-order valence-electron chi connectivity index (χ1n) is 26.0. The molecular weight excluding hydrogens is 952 g/mol. The lowest BCUT2D eigenvalue weighted by atomic mass is 9.42. The van der Waals surface area contributed by atoms with Crippen molar-refractivity contribution in [3.05, 3.63) is 0 Å². The minimum Gasteiger partial charge on any atom is -0.469 e. The molecule has 0 spiro atoms. The molecule has 8 rings (SSSR count). The predicted octanol–water partition coefficient (Wildman–Crippen LogP) is 6.47. The third kappa shape index (κ3) is 11.6. The number of rotatable bonds is 10. The summed E-state index contributed by atoms with van der Waals surface area (Å²) in [5, 5.41) is 43.4. The summed E-state index contributed by atoms with van der Waals surface area (Å²) >= 11 is 0. The molecule has 8 aliphatic carbocycles. The number of hydrogen-bond acceptors (Lipinski definition) is 13. The van der Waals surface area contributed by atoms with E-state index in [1.54, 1.807) is 0 Å². The van der Waals surface area contributed by atoms with Gasteiger partial charge in [0.2, 0.25) is 0 Å². The molecule has 0 bridgehead atoms. The van der Waals surface area contributed by atoms with Gasteiger partial charge in [-0.05, 0) is 195 Å². The largest absolute Gasteiger partial charge is 0.469 e. The zero-order valence-electron chi connectivity index (χ0n) is 42.3. The van der Waals surface area contributed by atoms with Crippen LogP contribution in [0, 0.1) is 92.7 Å². The Morgan fingerprint density at radius 1 is 0.609 bits per heavy atom. The fourth-order valence-electron chi connectivity index (χ4n) is 18.2. The number of methoxy groups -OCH3 is 2. The molecule has 8 fully saturated rings. The van der Waals surface area contributed by atoms with Crippen LogP contribution in [0.4, 0.5) is 0 Å². The van der Waals surface area contributed by atoms with E-state index in [0.29, 0.717) is 73.5 Å². The van der Waals surface area contributed by atoms with Crippen LogP contribution < -0.4 is 10.5 Å². The molecule has 0 saturated heterocycles. The van der Waals surface area contributed by atoms with Crippen LogP contribution in [0.1, 0.15) is 157 Å². The molecule has 69 heavy (non-hydrogen) atoms. The Balaban J connectivity index is 0.000000208. The summed E-state index contributed by atoms with van der Waals surface area (Å²) in [5.41, 5.74) is 6.95. The third-order valence-electron chi connectivity index (χ3n) is 21.5. The summed E-state index contributed by atoms with van der Waals surface area (Å²) in [7, 11) is -1.76. The van der Waals surface area contributed by atoms with Gasteiger partial charge in [0, 0.05) is 29.6 Å². The Hall–Kier alpha value is -1.19. The lowest BCUT2D eigenvalue weighted by Gasteiger charge is -2.64. The normalized spacial score (nSPS) is 46.5. The van der Waals surface area contributed by atoms with E-state index in [4.69, 9.17) is 28.2 Å². The molecule has 0 radical (unpaired) electrons. The molecule has 0 unspecified atom stereocenters. The summed E-state index contributed by atoms with van der Waals surface area (Å²) in [5.74, 6) is 3.28. The molecule has 0 aromatic rings. The molecule has 0 heterocycles. The summed E-state index contributed by atoms with van der Waals surface area (Å²) in [6, 6.07) is -0.954. The van der Waals surface area contributed by atoms with Crippen LogP contribution in [0.5, 0.6) is 0 Å². The van der Waals surface area contributed by atoms with Gasteiger partial charge in [0.05, 0.1) is 44.7 Å². The zero-order valence-corrected chi connectivity index (χ0v) is 44.7. The highest BCUT2D eigenvalue weighted by molar-refractivity contribution is 8.09. The van der Waals surface area contributed by atoms with Gasteiger partial charge in [0.1, 0.15) is 0 Å². The number of aliphatic hydroxyl groups excluding tert-OH is 4. The highest BCUT2D eigenvalue weighted by Crippen LogP contribution is 2.70. The average Bonchev–Trinajstić information content (AvgIpc) is 3.82. The fourth-order valence-corrected chi connectivity index (χ4v) is 18.8. The predicted molar refractivity (Wildman–Crippen MR) is 261 cm³/mol. The van der Waals surface area contributed by atoms with Gasteiger partial charge in [-0.1, -0.05) is 41.5 Å². The van der Waals surface area contributed by atoms with Crippen LogP contribution in [-0.4, -0.2) is 109 Å². The van der Waals surface area contributed by atoms with Gasteiger partial charge in [0.25, 0.3) is 0 Å². The molecular formula is C50H87ClN2O14S2. The molecule has 16 nitrogen and oxygen atoms in total. The number of aliphatic hydroxyl groups is 4. The van der Waals surface area contributed by atoms with E-state index in [1.807, 2.05) is 0 Å². The van der Waals surface area contributed by atoms with Crippen LogP contribution in [0.3, 0.4) is 0 Å². The van der Waals surface area contributed by atoms with Crippen molar-refractivity contribution in [1.29, 1.82) is 0 Å². The first-order chi connectivity index (χ1) is 31.9. The lowest BCUT2D eigenvalue weighted by molar-refractivity contribution is -0.184. The highest BCUT2D eigenvalue weighted by atomic mass is 35.7. The van der Waals surface area contributed by atoms with E-state index in [9.17, 15) is 43.0 Å². The van der Waals surface area contributed by atoms with E-state index in [1.165, 1.54) is 39.9 Å². The van der Waals surface area contributed by atoms with E-state index in [2.05, 4.69) is 56.9 Å². The summed E-state index contributed by atoms with van der Waals surface area (Å²) in [4.78, 5) is 23.4. The van der Waals surface area contributed by atoms with Crippen molar-refractivity contribution < 1.29 is 65.4 Å². The van der Waals surface area contributed by atoms with Crippen molar-refractivity contribution in [1.82, 2.24) is 4.72 Å². The first-order valence-corrected chi connectivity index (χ1v) is 29.7. The molecule has 9 N–H and O–H groups in total. The van der Waals surface area contributed by atoms with E-state index in [-0.39, 0.29) is 75.3 Å². The van der Waals surface area contributed by atoms with E-state index < -0.39 is 44.0 Å². The molecule has 0 amide bonds. The first kappa shape index (κ1) is 57.1. The minimum atomic E-state index is -4.50. The monoisotopic (exact) mass is 1040 g/mol. The SMILES string of the molecule is COC(=O)CC[C@@H](C)[C@H]1CC[C@H]2[C@@H]3[C@H](N)[C@H](O)[C@@H]4C[C@H](O)CC[C@]4(C)[C@H]3CC[C@]12C.COC(=O)CC[C@@H](C)[C@H]1CC[C@H]2[C@@H]3[C@H](NS(=O)(=O)O)[C@H](O)[C@@H]4C[C@H](O)CC[C@]4(C)[C@H]3CC[C@]12C.O=S(=O)(O)Cl. The van der Waals surface area contributed by atoms with Gasteiger partial charge in [-0.15, -0.1) is 0 Å². The van der Waals surface area contributed by atoms with Crippen molar-refractivity contribution in [3.63, 3.8) is 0 Å². The second kappa shape index (κ2) is 21.6. The van der Waals surface area contributed by atoms with Crippen molar-refractivity contribution in [3.8, 4) is 0 Å². The van der Waals surface area contributed by atoms with E-state index in [0.717, 1.165) is 57.8 Å². The minimum absolute atomic E-state index is 0.0209. The lowest BCUT2D eigenvalue weighted by Crippen LogP contribution is -2.68. The van der Waals surface area contributed by atoms with Crippen LogP contribution in [-0.2, 0) is 38.7 Å². The number of hydrogen-bond donors (Lipinski definition) is 8. The van der Waals surface area contributed by atoms with Crippen LogP contribution in [0.15, 0.2) is 0 Å². The van der Waals surface area contributed by atoms with Gasteiger partial charge >= 0.3 is 31.6 Å². The maximum atomic E-state index is 12.0. The van der Waals surface area contributed by atoms with Crippen molar-refractivity contribution >= 4 is 42.3 Å². The van der Waals surface area contributed by atoms with Crippen LogP contribution in [0.25, 0.3) is 0 Å². The fraction of sp³-hybridized carbons (Fsp3) is 0.960. The summed E-state index contributed by atoms with van der Waals surface area (Å²) in [6.45, 7) is 13.9. The number of carbonyl (C=O) groups is 2. The Morgan fingerprint density at radius 3 is 1.38 bits per heavy atom. The van der Waals surface area contributed by atoms with Crippen LogP contribution >= 0.6 is 10.7 Å². The molecule has 22 atom stereocenters. The number of fused-ring (bicyclic) bond motifs is 10. The van der Waals surface area contributed by atoms with Crippen molar-refractivity contribution in [2.75, 3.05) is 14.2 Å². The number of halogens is 1. The molecule has 8 saturated carbocycles. The maximum absolute atomic E-state index is 12.0. The standard InChI is InChI=1S/C25H43NO7S.C25H43NO4.ClHO3S/c1-14(5-8-20(28)33-4)16-6-7-17-21-18(10-12-24(16,17)2)25(3)11-9-15(27)13-19(25)23(29)22(21)26-34(30,31)32;1-14(5-8-20(28)30-4)16-6-7-17-21-18(10-12-24(16,17)2)25(3)11-9-15(27)13-19(25)23(29)22(21)26;1-5(2,3)4/h14-19,21-23,26-27,29H,5-13H2,1-4H3,(H,30,31,32);14-19,21-23,27,29H,5-13,26H2,1-4H3;(H,2,3,4)/t2*14-,15-,16-,17+,18+,19+,21+,22+,23-,24-,25-;/m11./s1. The number of carbonyl (C=O) groups excluding carboxylic acids is 2. The zero-order chi connectivity index (χ0) is 51.4. The average molecular weight is 1040 g/mol. The number of nitrogens with two attached hydrogens (primary N) is 1.